The van der Waals surface area contributed by atoms with E-state index < -0.39 is 5.97 Å². The third kappa shape index (κ3) is 3.08. The predicted octanol–water partition coefficient (Wildman–Crippen LogP) is 3.45. The lowest BCUT2D eigenvalue weighted by molar-refractivity contribution is 0.0661. The topological polar surface area (TPSA) is 62.5 Å². The van der Waals surface area contributed by atoms with E-state index in [2.05, 4.69) is 31.3 Å². The SMILES string of the molecule is Cc1ccccc1[C@@H](C)NCc1cc(C(=O)O)oc1C. The van der Waals surface area contributed by atoms with Crippen LogP contribution < -0.4 is 5.32 Å². The van der Waals surface area contributed by atoms with Crippen LogP contribution in [0.4, 0.5) is 0 Å². The van der Waals surface area contributed by atoms with Gasteiger partial charge in [-0.3, -0.25) is 0 Å². The molecule has 2 N–H and O–H groups in total. The highest BCUT2D eigenvalue weighted by atomic mass is 16.4. The number of carboxylic acid groups (broad SMARTS) is 1. The van der Waals surface area contributed by atoms with Crippen LogP contribution in [0.1, 0.15) is 46.0 Å². The second kappa shape index (κ2) is 5.92. The van der Waals surface area contributed by atoms with Crippen molar-refractivity contribution in [2.24, 2.45) is 0 Å². The molecule has 0 bridgehead atoms. The summed E-state index contributed by atoms with van der Waals surface area (Å²) in [6.45, 7) is 6.54. The van der Waals surface area contributed by atoms with Gasteiger partial charge >= 0.3 is 5.97 Å². The van der Waals surface area contributed by atoms with Crippen LogP contribution in [0, 0.1) is 13.8 Å². The molecule has 1 heterocycles. The second-order valence-electron chi connectivity index (χ2n) is 4.96. The number of benzene rings is 1. The van der Waals surface area contributed by atoms with Crippen molar-refractivity contribution in [3.8, 4) is 0 Å². The number of nitrogens with one attached hydrogen (secondary N) is 1. The summed E-state index contributed by atoms with van der Waals surface area (Å²) >= 11 is 0. The molecule has 0 saturated carbocycles. The summed E-state index contributed by atoms with van der Waals surface area (Å²) in [6.07, 6.45) is 0. The Morgan fingerprint density at radius 3 is 2.65 bits per heavy atom. The van der Waals surface area contributed by atoms with Crippen molar-refractivity contribution in [1.82, 2.24) is 5.32 Å². The molecule has 0 radical (unpaired) electrons. The predicted molar refractivity (Wildman–Crippen MR) is 76.8 cm³/mol. The Balaban J connectivity index is 2.05. The molecule has 0 saturated heterocycles. The lowest BCUT2D eigenvalue weighted by atomic mass is 10.0. The highest BCUT2D eigenvalue weighted by Crippen LogP contribution is 2.19. The number of rotatable bonds is 5. The Bertz CT molecular complexity index is 616. The number of aromatic carboxylic acids is 1. The molecule has 0 aliphatic rings. The van der Waals surface area contributed by atoms with Crippen LogP contribution in [-0.4, -0.2) is 11.1 Å². The number of aryl methyl sites for hydroxylation is 2. The van der Waals surface area contributed by atoms with E-state index in [9.17, 15) is 4.79 Å². The Kier molecular flexibility index (Phi) is 4.25. The van der Waals surface area contributed by atoms with Gasteiger partial charge < -0.3 is 14.8 Å². The summed E-state index contributed by atoms with van der Waals surface area (Å²) in [5.41, 5.74) is 3.36. The maximum atomic E-state index is 10.9. The van der Waals surface area contributed by atoms with Crippen molar-refractivity contribution in [2.45, 2.75) is 33.4 Å². The molecule has 2 rings (SSSR count). The van der Waals surface area contributed by atoms with Crippen molar-refractivity contribution in [2.75, 3.05) is 0 Å². The van der Waals surface area contributed by atoms with Gasteiger partial charge in [0, 0.05) is 18.2 Å². The molecule has 2 aromatic rings. The fourth-order valence-corrected chi connectivity index (χ4v) is 2.25. The van der Waals surface area contributed by atoms with Crippen LogP contribution in [0.15, 0.2) is 34.7 Å². The van der Waals surface area contributed by atoms with Crippen molar-refractivity contribution >= 4 is 5.97 Å². The summed E-state index contributed by atoms with van der Waals surface area (Å²) in [6, 6.07) is 9.99. The Morgan fingerprint density at radius 2 is 2.05 bits per heavy atom. The maximum absolute atomic E-state index is 10.9. The zero-order valence-corrected chi connectivity index (χ0v) is 11.9. The number of carboxylic acids is 1. The lowest BCUT2D eigenvalue weighted by Crippen LogP contribution is -2.19. The molecule has 1 atom stereocenters. The molecule has 0 aliphatic heterocycles. The van der Waals surface area contributed by atoms with Gasteiger partial charge in [0.05, 0.1) is 0 Å². The number of furan rings is 1. The Labute approximate surface area is 118 Å². The minimum absolute atomic E-state index is 0.0113. The Hall–Kier alpha value is -2.07. The van der Waals surface area contributed by atoms with Gasteiger partial charge in [-0.05, 0) is 38.0 Å². The third-order valence-corrected chi connectivity index (χ3v) is 3.49. The summed E-state index contributed by atoms with van der Waals surface area (Å²) < 4.78 is 5.20. The van der Waals surface area contributed by atoms with E-state index in [1.807, 2.05) is 12.1 Å². The molecule has 1 aromatic heterocycles. The van der Waals surface area contributed by atoms with Gasteiger partial charge in [0.2, 0.25) is 5.76 Å². The fourth-order valence-electron chi connectivity index (χ4n) is 2.25. The summed E-state index contributed by atoms with van der Waals surface area (Å²) in [5.74, 6) is -0.402. The van der Waals surface area contributed by atoms with Gasteiger partial charge in [0.25, 0.3) is 0 Å². The van der Waals surface area contributed by atoms with Crippen molar-refractivity contribution < 1.29 is 14.3 Å². The molecule has 0 fully saturated rings. The number of carbonyl (C=O) groups is 1. The average molecular weight is 273 g/mol. The van der Waals surface area contributed by atoms with Gasteiger partial charge in [-0.25, -0.2) is 4.79 Å². The fraction of sp³-hybridized carbons (Fsp3) is 0.312. The van der Waals surface area contributed by atoms with E-state index in [-0.39, 0.29) is 11.8 Å². The summed E-state index contributed by atoms with van der Waals surface area (Å²) in [4.78, 5) is 10.9. The van der Waals surface area contributed by atoms with E-state index in [0.29, 0.717) is 12.3 Å². The first-order chi connectivity index (χ1) is 9.49. The molecular formula is C16H19NO3. The standard InChI is InChI=1S/C16H19NO3/c1-10-6-4-5-7-14(10)11(2)17-9-13-8-15(16(18)19)20-12(13)3/h4-8,11,17H,9H2,1-3H3,(H,18,19)/t11-/m1/s1. The third-order valence-electron chi connectivity index (χ3n) is 3.49. The van der Waals surface area contributed by atoms with Crippen LogP contribution in [0.5, 0.6) is 0 Å². The summed E-state index contributed by atoms with van der Waals surface area (Å²) in [5, 5.41) is 12.3. The molecule has 0 amide bonds. The number of hydrogen-bond acceptors (Lipinski definition) is 3. The molecule has 0 unspecified atom stereocenters. The molecule has 20 heavy (non-hydrogen) atoms. The van der Waals surface area contributed by atoms with Gasteiger partial charge in [0.15, 0.2) is 0 Å². The highest BCUT2D eigenvalue weighted by Gasteiger charge is 2.14. The van der Waals surface area contributed by atoms with Gasteiger partial charge in [-0.1, -0.05) is 24.3 Å². The largest absolute Gasteiger partial charge is 0.475 e. The van der Waals surface area contributed by atoms with E-state index >= 15 is 0 Å². The zero-order chi connectivity index (χ0) is 14.7. The zero-order valence-electron chi connectivity index (χ0n) is 11.9. The molecule has 4 heteroatoms. The molecule has 4 nitrogen and oxygen atoms in total. The monoisotopic (exact) mass is 273 g/mol. The van der Waals surface area contributed by atoms with Gasteiger partial charge in [-0.15, -0.1) is 0 Å². The molecule has 0 aliphatic carbocycles. The molecule has 106 valence electrons. The van der Waals surface area contributed by atoms with Crippen molar-refractivity contribution in [3.05, 3.63) is 58.5 Å². The van der Waals surface area contributed by atoms with E-state index in [1.54, 1.807) is 13.0 Å². The van der Waals surface area contributed by atoms with Crippen molar-refractivity contribution in [3.63, 3.8) is 0 Å². The van der Waals surface area contributed by atoms with Crippen LogP contribution in [-0.2, 0) is 6.54 Å². The Morgan fingerprint density at radius 1 is 1.35 bits per heavy atom. The number of hydrogen-bond donors (Lipinski definition) is 2. The van der Waals surface area contributed by atoms with Gasteiger partial charge in [0.1, 0.15) is 5.76 Å². The second-order valence-corrected chi connectivity index (χ2v) is 4.96. The van der Waals surface area contributed by atoms with E-state index in [4.69, 9.17) is 9.52 Å². The van der Waals surface area contributed by atoms with Crippen LogP contribution in [0.2, 0.25) is 0 Å². The summed E-state index contributed by atoms with van der Waals surface area (Å²) in [7, 11) is 0. The highest BCUT2D eigenvalue weighted by molar-refractivity contribution is 5.84. The molecular weight excluding hydrogens is 254 g/mol. The van der Waals surface area contributed by atoms with Crippen molar-refractivity contribution in [1.29, 1.82) is 0 Å². The maximum Gasteiger partial charge on any atom is 0.371 e. The lowest BCUT2D eigenvalue weighted by Gasteiger charge is -2.16. The molecule has 0 spiro atoms. The van der Waals surface area contributed by atoms with Crippen LogP contribution in [0.3, 0.4) is 0 Å². The molecule has 1 aromatic carbocycles. The van der Waals surface area contributed by atoms with E-state index in [0.717, 1.165) is 5.56 Å². The normalized spacial score (nSPS) is 12.3. The van der Waals surface area contributed by atoms with Crippen LogP contribution >= 0.6 is 0 Å². The first-order valence-corrected chi connectivity index (χ1v) is 6.60. The first-order valence-electron chi connectivity index (χ1n) is 6.60. The van der Waals surface area contributed by atoms with Gasteiger partial charge in [-0.2, -0.15) is 0 Å². The minimum atomic E-state index is -1.04. The quantitative estimate of drug-likeness (QED) is 0.876. The van der Waals surface area contributed by atoms with Crippen LogP contribution in [0.25, 0.3) is 0 Å². The minimum Gasteiger partial charge on any atom is -0.475 e. The first kappa shape index (κ1) is 14.3. The average Bonchev–Trinajstić information content (AvgIpc) is 2.78. The van der Waals surface area contributed by atoms with E-state index in [1.165, 1.54) is 11.1 Å². The smallest absolute Gasteiger partial charge is 0.371 e.